The van der Waals surface area contributed by atoms with E-state index in [0.29, 0.717) is 0 Å². The zero-order valence-corrected chi connectivity index (χ0v) is 15.8. The van der Waals surface area contributed by atoms with Crippen LogP contribution in [0, 0.1) is 0 Å². The molecule has 3 heterocycles. The zero-order valence-electron chi connectivity index (χ0n) is 14.2. The van der Waals surface area contributed by atoms with Crippen LogP contribution < -0.4 is 0 Å². The highest BCUT2D eigenvalue weighted by Gasteiger charge is 2.13. The highest BCUT2D eigenvalue weighted by atomic mass is 79.9. The molecule has 0 atom stereocenters. The summed E-state index contributed by atoms with van der Waals surface area (Å²) in [6.07, 6.45) is 5.96. The summed E-state index contributed by atoms with van der Waals surface area (Å²) in [4.78, 5) is 4.76. The number of hydrogen-bond acceptors (Lipinski definition) is 3. The summed E-state index contributed by atoms with van der Waals surface area (Å²) >= 11 is 3.50. The van der Waals surface area contributed by atoms with E-state index < -0.39 is 0 Å². The molecule has 6 heteroatoms. The fraction of sp³-hybridized carbons (Fsp3) is 0. The summed E-state index contributed by atoms with van der Waals surface area (Å²) in [6.45, 7) is 0. The van der Waals surface area contributed by atoms with E-state index >= 15 is 0 Å². The second-order valence-corrected chi connectivity index (χ2v) is 7.09. The van der Waals surface area contributed by atoms with Crippen LogP contribution in [-0.4, -0.2) is 24.4 Å². The number of halogens is 1. The van der Waals surface area contributed by atoms with Crippen LogP contribution >= 0.6 is 15.9 Å². The van der Waals surface area contributed by atoms with Crippen molar-refractivity contribution < 1.29 is 0 Å². The second-order valence-electron chi connectivity index (χ2n) is 6.17. The molecule has 3 aromatic heterocycles. The van der Waals surface area contributed by atoms with Crippen LogP contribution in [0.15, 0.2) is 89.8 Å². The Hall–Kier alpha value is -3.25. The Morgan fingerprint density at radius 3 is 2.44 bits per heavy atom. The summed E-state index contributed by atoms with van der Waals surface area (Å²) in [5, 5.41) is 8.67. The minimum atomic E-state index is 0.837. The fourth-order valence-corrected chi connectivity index (χ4v) is 3.46. The lowest BCUT2D eigenvalue weighted by Crippen LogP contribution is -1.97. The van der Waals surface area contributed by atoms with Gasteiger partial charge in [-0.1, -0.05) is 53.7 Å². The molecule has 0 radical (unpaired) electrons. The molecule has 0 unspecified atom stereocenters. The number of pyridine rings is 1. The number of aromatic nitrogens is 5. The van der Waals surface area contributed by atoms with Gasteiger partial charge in [0, 0.05) is 28.0 Å². The minimum Gasteiger partial charge on any atom is -0.305 e. The molecular weight excluding hydrogens is 402 g/mol. The number of imidazole rings is 1. The SMILES string of the molecule is Brc1ccc2nc(-c3ccccc3-n3cc(-c4ccccc4)nn3)cn2c1. The van der Waals surface area contributed by atoms with Gasteiger partial charge in [0.25, 0.3) is 0 Å². The van der Waals surface area contributed by atoms with Crippen molar-refractivity contribution in [3.8, 4) is 28.2 Å². The van der Waals surface area contributed by atoms with Gasteiger partial charge in [-0.3, -0.25) is 0 Å². The number of nitrogens with zero attached hydrogens (tertiary/aromatic N) is 5. The predicted molar refractivity (Wildman–Crippen MR) is 109 cm³/mol. The van der Waals surface area contributed by atoms with Gasteiger partial charge in [0.1, 0.15) is 11.3 Å². The first kappa shape index (κ1) is 16.0. The van der Waals surface area contributed by atoms with Crippen molar-refractivity contribution in [1.29, 1.82) is 0 Å². The van der Waals surface area contributed by atoms with Crippen LogP contribution in [0.25, 0.3) is 33.8 Å². The van der Waals surface area contributed by atoms with Gasteiger partial charge in [-0.25, -0.2) is 9.67 Å². The number of benzene rings is 2. The molecule has 0 aliphatic carbocycles. The summed E-state index contributed by atoms with van der Waals surface area (Å²) in [7, 11) is 0. The monoisotopic (exact) mass is 415 g/mol. The standard InChI is InChI=1S/C21H14BrN5/c22-16-10-11-21-23-19(13-26(21)12-16)17-8-4-5-9-20(17)27-14-18(24-25-27)15-6-2-1-3-7-15/h1-14H. The Morgan fingerprint density at radius 2 is 1.56 bits per heavy atom. The predicted octanol–water partition coefficient (Wildman–Crippen LogP) is 5.01. The smallest absolute Gasteiger partial charge is 0.137 e. The third-order valence-electron chi connectivity index (χ3n) is 4.40. The number of para-hydroxylation sites is 1. The molecule has 0 aliphatic heterocycles. The van der Waals surface area contributed by atoms with Crippen LogP contribution in [0.1, 0.15) is 0 Å². The minimum absolute atomic E-state index is 0.837. The van der Waals surface area contributed by atoms with Crippen LogP contribution in [0.5, 0.6) is 0 Å². The quantitative estimate of drug-likeness (QED) is 0.415. The van der Waals surface area contributed by atoms with Crippen molar-refractivity contribution in [1.82, 2.24) is 24.4 Å². The van der Waals surface area contributed by atoms with E-state index in [1.54, 1.807) is 4.68 Å². The number of hydrogen-bond donors (Lipinski definition) is 0. The summed E-state index contributed by atoms with van der Waals surface area (Å²) < 4.78 is 4.82. The average molecular weight is 416 g/mol. The van der Waals surface area contributed by atoms with E-state index in [9.17, 15) is 0 Å². The molecule has 0 saturated carbocycles. The van der Waals surface area contributed by atoms with Crippen LogP contribution in [0.3, 0.4) is 0 Å². The maximum Gasteiger partial charge on any atom is 0.137 e. The van der Waals surface area contributed by atoms with Gasteiger partial charge in [0.05, 0.1) is 17.6 Å². The summed E-state index contributed by atoms with van der Waals surface area (Å²) in [6, 6.07) is 22.1. The van der Waals surface area contributed by atoms with Crippen LogP contribution in [0.4, 0.5) is 0 Å². The first-order valence-corrected chi connectivity index (χ1v) is 9.29. The molecular formula is C21H14BrN5. The van der Waals surface area contributed by atoms with Crippen molar-refractivity contribution >= 4 is 21.6 Å². The zero-order chi connectivity index (χ0) is 18.2. The van der Waals surface area contributed by atoms with Crippen molar-refractivity contribution in [2.45, 2.75) is 0 Å². The fourth-order valence-electron chi connectivity index (χ4n) is 3.11. The van der Waals surface area contributed by atoms with Gasteiger partial charge in [-0.05, 0) is 34.1 Å². The maximum absolute atomic E-state index is 4.76. The van der Waals surface area contributed by atoms with Gasteiger partial charge in [0.15, 0.2) is 0 Å². The maximum atomic E-state index is 4.76. The molecule has 0 spiro atoms. The van der Waals surface area contributed by atoms with E-state index in [2.05, 4.69) is 32.3 Å². The van der Waals surface area contributed by atoms with Crippen LogP contribution in [-0.2, 0) is 0 Å². The topological polar surface area (TPSA) is 48.0 Å². The van der Waals surface area contributed by atoms with E-state index in [-0.39, 0.29) is 0 Å². The molecule has 0 amide bonds. The summed E-state index contributed by atoms with van der Waals surface area (Å²) in [5.74, 6) is 0. The van der Waals surface area contributed by atoms with Gasteiger partial charge < -0.3 is 4.40 Å². The third kappa shape index (κ3) is 2.94. The lowest BCUT2D eigenvalue weighted by molar-refractivity contribution is 0.805. The Balaban J connectivity index is 1.61. The third-order valence-corrected chi connectivity index (χ3v) is 4.87. The average Bonchev–Trinajstić information content (AvgIpc) is 3.35. The van der Waals surface area contributed by atoms with Crippen LogP contribution in [0.2, 0.25) is 0 Å². The first-order valence-electron chi connectivity index (χ1n) is 8.50. The normalized spacial score (nSPS) is 11.1. The Kier molecular flexibility index (Phi) is 3.83. The molecule has 5 nitrogen and oxygen atoms in total. The molecule has 0 saturated heterocycles. The van der Waals surface area contributed by atoms with Gasteiger partial charge >= 0.3 is 0 Å². The molecule has 27 heavy (non-hydrogen) atoms. The molecule has 5 rings (SSSR count). The van der Waals surface area contributed by atoms with Crippen molar-refractivity contribution in [2.75, 3.05) is 0 Å². The Bertz CT molecular complexity index is 1240. The number of rotatable bonds is 3. The van der Waals surface area contributed by atoms with Crippen molar-refractivity contribution in [3.63, 3.8) is 0 Å². The van der Waals surface area contributed by atoms with Gasteiger partial charge in [0.2, 0.25) is 0 Å². The molecule has 0 N–H and O–H groups in total. The first-order chi connectivity index (χ1) is 13.3. The summed E-state index contributed by atoms with van der Waals surface area (Å²) in [5.41, 5.74) is 5.60. The Morgan fingerprint density at radius 1 is 0.741 bits per heavy atom. The second kappa shape index (κ2) is 6.48. The molecule has 5 aromatic rings. The van der Waals surface area contributed by atoms with Crippen molar-refractivity contribution in [2.24, 2.45) is 0 Å². The lowest BCUT2D eigenvalue weighted by Gasteiger charge is -2.06. The van der Waals surface area contributed by atoms with E-state index in [4.69, 9.17) is 4.98 Å². The van der Waals surface area contributed by atoms with Gasteiger partial charge in [-0.15, -0.1) is 5.10 Å². The lowest BCUT2D eigenvalue weighted by atomic mass is 10.1. The van der Waals surface area contributed by atoms with E-state index in [0.717, 1.165) is 38.3 Å². The molecule has 0 aliphatic rings. The highest BCUT2D eigenvalue weighted by Crippen LogP contribution is 2.27. The molecule has 2 aromatic carbocycles. The number of fused-ring (bicyclic) bond motifs is 1. The Labute approximate surface area is 164 Å². The van der Waals surface area contributed by atoms with E-state index in [1.807, 2.05) is 83.7 Å². The molecule has 130 valence electrons. The highest BCUT2D eigenvalue weighted by molar-refractivity contribution is 9.10. The largest absolute Gasteiger partial charge is 0.305 e. The van der Waals surface area contributed by atoms with E-state index in [1.165, 1.54) is 0 Å². The molecule has 0 fully saturated rings. The van der Waals surface area contributed by atoms with Gasteiger partial charge in [-0.2, -0.15) is 0 Å². The molecule has 0 bridgehead atoms. The van der Waals surface area contributed by atoms with Crippen molar-refractivity contribution in [3.05, 3.63) is 89.8 Å².